The molecular weight excluding hydrogens is 227 g/mol. The van der Waals surface area contributed by atoms with Crippen molar-refractivity contribution in [2.24, 2.45) is 11.7 Å². The molecule has 0 heterocycles. The van der Waals surface area contributed by atoms with Crippen molar-refractivity contribution in [3.8, 4) is 0 Å². The first kappa shape index (κ1) is 15.0. The van der Waals surface area contributed by atoms with E-state index < -0.39 is 0 Å². The number of anilines is 1. The topological polar surface area (TPSA) is 29.3 Å². The van der Waals surface area contributed by atoms with Crippen LogP contribution in [0.25, 0.3) is 0 Å². The van der Waals surface area contributed by atoms with E-state index in [1.54, 1.807) is 6.07 Å². The fraction of sp³-hybridized carbons (Fsp3) is 0.600. The van der Waals surface area contributed by atoms with Crippen molar-refractivity contribution in [2.75, 3.05) is 11.9 Å². The van der Waals surface area contributed by atoms with Crippen LogP contribution < -0.4 is 10.6 Å². The van der Waals surface area contributed by atoms with Gasteiger partial charge < -0.3 is 10.6 Å². The maximum atomic E-state index is 14.1. The van der Waals surface area contributed by atoms with E-state index in [2.05, 4.69) is 20.8 Å². The highest BCUT2D eigenvalue weighted by Gasteiger charge is 2.15. The Kier molecular flexibility index (Phi) is 5.15. The summed E-state index contributed by atoms with van der Waals surface area (Å²) in [7, 11) is 1.94. The molecule has 1 aromatic carbocycles. The van der Waals surface area contributed by atoms with Gasteiger partial charge in [0.15, 0.2) is 0 Å². The lowest BCUT2D eigenvalue weighted by Crippen LogP contribution is -2.30. The lowest BCUT2D eigenvalue weighted by Gasteiger charge is -2.29. The minimum atomic E-state index is -0.192. The first-order valence-corrected chi connectivity index (χ1v) is 6.60. The fourth-order valence-electron chi connectivity index (χ4n) is 2.17. The van der Waals surface area contributed by atoms with E-state index in [0.29, 0.717) is 17.6 Å². The van der Waals surface area contributed by atoms with E-state index in [-0.39, 0.29) is 11.9 Å². The number of hydrogen-bond acceptors (Lipinski definition) is 2. The van der Waals surface area contributed by atoms with Crippen molar-refractivity contribution >= 4 is 5.69 Å². The molecule has 0 fully saturated rings. The van der Waals surface area contributed by atoms with Crippen LogP contribution in [0.2, 0.25) is 0 Å². The fourth-order valence-corrected chi connectivity index (χ4v) is 2.17. The highest BCUT2D eigenvalue weighted by molar-refractivity contribution is 5.49. The standard InChI is InChI=1S/C15H25FN2/c1-10(2)8-11(3)18(5)15-7-6-13(12(4)17)9-14(15)16/h6-7,9-12H,8,17H2,1-5H3/t11?,12-/m0/s1. The molecule has 0 aromatic heterocycles. The molecule has 1 rings (SSSR count). The Balaban J connectivity index is 2.89. The van der Waals surface area contributed by atoms with Gasteiger partial charge in [-0.3, -0.25) is 0 Å². The Labute approximate surface area is 110 Å². The van der Waals surface area contributed by atoms with E-state index in [1.807, 2.05) is 31.0 Å². The summed E-state index contributed by atoms with van der Waals surface area (Å²) in [4.78, 5) is 2.00. The van der Waals surface area contributed by atoms with Gasteiger partial charge in [0.25, 0.3) is 0 Å². The molecule has 18 heavy (non-hydrogen) atoms. The molecule has 0 saturated heterocycles. The Bertz CT molecular complexity index is 388. The third kappa shape index (κ3) is 3.70. The van der Waals surface area contributed by atoms with Gasteiger partial charge in [0, 0.05) is 19.1 Å². The summed E-state index contributed by atoms with van der Waals surface area (Å²) in [5, 5.41) is 0. The summed E-state index contributed by atoms with van der Waals surface area (Å²) in [5.74, 6) is 0.414. The number of hydrogen-bond donors (Lipinski definition) is 1. The van der Waals surface area contributed by atoms with Crippen LogP contribution in [0.5, 0.6) is 0 Å². The summed E-state index contributed by atoms with van der Waals surface area (Å²) < 4.78 is 14.1. The molecule has 0 radical (unpaired) electrons. The quantitative estimate of drug-likeness (QED) is 0.865. The molecule has 3 heteroatoms. The van der Waals surface area contributed by atoms with Crippen molar-refractivity contribution < 1.29 is 4.39 Å². The number of benzene rings is 1. The van der Waals surface area contributed by atoms with Crippen LogP contribution in [0.1, 0.15) is 45.7 Å². The molecule has 2 nitrogen and oxygen atoms in total. The van der Waals surface area contributed by atoms with Crippen LogP contribution in [0.4, 0.5) is 10.1 Å². The van der Waals surface area contributed by atoms with Gasteiger partial charge in [0.1, 0.15) is 5.82 Å². The molecule has 2 atom stereocenters. The Hall–Kier alpha value is -1.09. The van der Waals surface area contributed by atoms with Gasteiger partial charge in [-0.25, -0.2) is 4.39 Å². The van der Waals surface area contributed by atoms with E-state index in [9.17, 15) is 4.39 Å². The van der Waals surface area contributed by atoms with Gasteiger partial charge >= 0.3 is 0 Å². The predicted octanol–water partition coefficient (Wildman–Crippen LogP) is 3.72. The molecule has 2 N–H and O–H groups in total. The third-order valence-electron chi connectivity index (χ3n) is 3.35. The molecule has 0 aliphatic carbocycles. The van der Waals surface area contributed by atoms with Crippen molar-refractivity contribution in [2.45, 2.75) is 46.2 Å². The molecule has 0 aliphatic heterocycles. The second kappa shape index (κ2) is 6.19. The zero-order valence-corrected chi connectivity index (χ0v) is 12.1. The van der Waals surface area contributed by atoms with E-state index in [1.165, 1.54) is 0 Å². The molecule has 0 saturated carbocycles. The highest BCUT2D eigenvalue weighted by Crippen LogP contribution is 2.25. The number of nitrogens with two attached hydrogens (primary N) is 1. The average Bonchev–Trinajstić information content (AvgIpc) is 2.26. The summed E-state index contributed by atoms with van der Waals surface area (Å²) in [6.45, 7) is 8.35. The van der Waals surface area contributed by atoms with Crippen molar-refractivity contribution in [1.82, 2.24) is 0 Å². The Morgan fingerprint density at radius 1 is 1.22 bits per heavy atom. The van der Waals surface area contributed by atoms with Crippen LogP contribution in [0, 0.1) is 11.7 Å². The SMILES string of the molecule is CC(C)CC(C)N(C)c1ccc([C@H](C)N)cc1F. The van der Waals surface area contributed by atoms with Crippen LogP contribution >= 0.6 is 0 Å². The second-order valence-electron chi connectivity index (χ2n) is 5.59. The van der Waals surface area contributed by atoms with Crippen LogP contribution in [0.3, 0.4) is 0 Å². The smallest absolute Gasteiger partial charge is 0.146 e. The van der Waals surface area contributed by atoms with Crippen LogP contribution in [-0.4, -0.2) is 13.1 Å². The maximum Gasteiger partial charge on any atom is 0.146 e. The number of halogens is 1. The summed E-state index contributed by atoms with van der Waals surface area (Å²) in [6.07, 6.45) is 1.05. The Morgan fingerprint density at radius 2 is 1.83 bits per heavy atom. The average molecular weight is 252 g/mol. The second-order valence-corrected chi connectivity index (χ2v) is 5.59. The molecule has 1 unspecified atom stereocenters. The molecule has 102 valence electrons. The normalized spacial score (nSPS) is 14.7. The first-order valence-electron chi connectivity index (χ1n) is 6.60. The molecule has 0 amide bonds. The lowest BCUT2D eigenvalue weighted by atomic mass is 10.0. The Morgan fingerprint density at radius 3 is 2.28 bits per heavy atom. The number of nitrogens with zero attached hydrogens (tertiary/aromatic N) is 1. The molecular formula is C15H25FN2. The van der Waals surface area contributed by atoms with Gasteiger partial charge in [-0.2, -0.15) is 0 Å². The maximum absolute atomic E-state index is 14.1. The van der Waals surface area contributed by atoms with Gasteiger partial charge in [0.2, 0.25) is 0 Å². The predicted molar refractivity (Wildman–Crippen MR) is 76.3 cm³/mol. The summed E-state index contributed by atoms with van der Waals surface area (Å²) in [5.41, 5.74) is 7.23. The molecule has 1 aromatic rings. The zero-order chi connectivity index (χ0) is 13.9. The minimum Gasteiger partial charge on any atom is -0.370 e. The van der Waals surface area contributed by atoms with Crippen molar-refractivity contribution in [3.63, 3.8) is 0 Å². The number of rotatable bonds is 5. The third-order valence-corrected chi connectivity index (χ3v) is 3.35. The van der Waals surface area contributed by atoms with E-state index >= 15 is 0 Å². The van der Waals surface area contributed by atoms with Gasteiger partial charge in [-0.1, -0.05) is 19.9 Å². The summed E-state index contributed by atoms with van der Waals surface area (Å²) >= 11 is 0. The van der Waals surface area contributed by atoms with E-state index in [0.717, 1.165) is 12.0 Å². The minimum absolute atomic E-state index is 0.132. The van der Waals surface area contributed by atoms with Crippen LogP contribution in [-0.2, 0) is 0 Å². The largest absolute Gasteiger partial charge is 0.370 e. The molecule has 0 spiro atoms. The van der Waals surface area contributed by atoms with Crippen molar-refractivity contribution in [3.05, 3.63) is 29.6 Å². The van der Waals surface area contributed by atoms with Gasteiger partial charge in [0.05, 0.1) is 5.69 Å². The van der Waals surface area contributed by atoms with E-state index in [4.69, 9.17) is 5.73 Å². The zero-order valence-electron chi connectivity index (χ0n) is 12.1. The highest BCUT2D eigenvalue weighted by atomic mass is 19.1. The summed E-state index contributed by atoms with van der Waals surface area (Å²) in [6, 6.07) is 5.46. The first-order chi connectivity index (χ1) is 8.32. The molecule has 0 bridgehead atoms. The van der Waals surface area contributed by atoms with Crippen LogP contribution in [0.15, 0.2) is 18.2 Å². The monoisotopic (exact) mass is 252 g/mol. The van der Waals surface area contributed by atoms with Gasteiger partial charge in [-0.15, -0.1) is 0 Å². The molecule has 0 aliphatic rings. The van der Waals surface area contributed by atoms with Crippen molar-refractivity contribution in [1.29, 1.82) is 0 Å². The van der Waals surface area contributed by atoms with Gasteiger partial charge in [-0.05, 0) is 43.9 Å². The lowest BCUT2D eigenvalue weighted by molar-refractivity contribution is 0.498.